The highest BCUT2D eigenvalue weighted by atomic mass is 16.5. The minimum atomic E-state index is -0.393. The van der Waals surface area contributed by atoms with Crippen LogP contribution in [-0.4, -0.2) is 24.3 Å². The molecule has 2 aromatic rings. The van der Waals surface area contributed by atoms with Gasteiger partial charge >= 0.3 is 5.97 Å². The largest absolute Gasteiger partial charge is 0.466 e. The van der Waals surface area contributed by atoms with E-state index in [1.54, 1.807) is 50.3 Å². The molecular weight excluding hydrogens is 346 g/mol. The van der Waals surface area contributed by atoms with Crippen molar-refractivity contribution >= 4 is 29.4 Å². The van der Waals surface area contributed by atoms with Crippen molar-refractivity contribution in [1.29, 1.82) is 0 Å². The van der Waals surface area contributed by atoms with Crippen molar-refractivity contribution in [2.24, 2.45) is 0 Å². The van der Waals surface area contributed by atoms with Crippen LogP contribution in [0.1, 0.15) is 47.7 Å². The summed E-state index contributed by atoms with van der Waals surface area (Å²) in [6.07, 6.45) is 3.67. The molecule has 1 N–H and O–H groups in total. The van der Waals surface area contributed by atoms with Gasteiger partial charge in [0.05, 0.1) is 12.2 Å². The Kier molecular flexibility index (Phi) is 7.11. The van der Waals surface area contributed by atoms with Gasteiger partial charge in [0.15, 0.2) is 5.78 Å². The Morgan fingerprint density at radius 3 is 2.48 bits per heavy atom. The van der Waals surface area contributed by atoms with Gasteiger partial charge in [-0.3, -0.25) is 9.59 Å². The molecule has 0 bridgehead atoms. The highest BCUT2D eigenvalue weighted by molar-refractivity contribution is 5.95. The van der Waals surface area contributed by atoms with E-state index >= 15 is 0 Å². The molecule has 0 aliphatic heterocycles. The molecule has 0 spiro atoms. The second-order valence-electron chi connectivity index (χ2n) is 5.99. The number of ether oxygens (including phenoxy) is 1. The number of esters is 1. The van der Waals surface area contributed by atoms with E-state index in [0.29, 0.717) is 35.8 Å². The summed E-state index contributed by atoms with van der Waals surface area (Å²) in [5.41, 5.74) is 2.04. The highest BCUT2D eigenvalue weighted by Gasteiger charge is 2.12. The minimum Gasteiger partial charge on any atom is -0.466 e. The smallest absolute Gasteiger partial charge is 0.330 e. The third-order valence-electron chi connectivity index (χ3n) is 3.84. The number of hydrogen-bond acceptors (Lipinski definition) is 5. The van der Waals surface area contributed by atoms with Crippen LogP contribution in [0.5, 0.6) is 0 Å². The second kappa shape index (κ2) is 9.52. The quantitative estimate of drug-likeness (QED) is 0.433. The zero-order chi connectivity index (χ0) is 19.8. The molecule has 0 atom stereocenters. The summed E-state index contributed by atoms with van der Waals surface area (Å²) < 4.78 is 10.3. The second-order valence-corrected chi connectivity index (χ2v) is 5.99. The fourth-order valence-electron chi connectivity index (χ4n) is 2.51. The first-order valence-corrected chi connectivity index (χ1v) is 8.74. The van der Waals surface area contributed by atoms with Crippen molar-refractivity contribution in [2.45, 2.75) is 33.6 Å². The monoisotopic (exact) mass is 369 g/mol. The van der Waals surface area contributed by atoms with Crippen LogP contribution in [0.2, 0.25) is 0 Å². The number of anilines is 1. The summed E-state index contributed by atoms with van der Waals surface area (Å²) in [6, 6.07) is 8.79. The van der Waals surface area contributed by atoms with Crippen molar-refractivity contribution in [3.63, 3.8) is 0 Å². The summed E-state index contributed by atoms with van der Waals surface area (Å²) in [4.78, 5) is 34.8. The third-order valence-corrected chi connectivity index (χ3v) is 3.84. The van der Waals surface area contributed by atoms with Crippen molar-refractivity contribution in [3.05, 3.63) is 59.1 Å². The minimum absolute atomic E-state index is 0.0518. The molecule has 0 aliphatic carbocycles. The summed E-state index contributed by atoms with van der Waals surface area (Å²) in [7, 11) is 0. The Labute approximate surface area is 158 Å². The number of carbonyl (C=O) groups excluding carboxylic acids is 3. The number of rotatable bonds is 8. The predicted molar refractivity (Wildman–Crippen MR) is 103 cm³/mol. The van der Waals surface area contributed by atoms with Crippen LogP contribution in [0.3, 0.4) is 0 Å². The Hall–Kier alpha value is -3.15. The lowest BCUT2D eigenvalue weighted by molar-refractivity contribution is -0.137. The zero-order valence-corrected chi connectivity index (χ0v) is 15.7. The van der Waals surface area contributed by atoms with Crippen LogP contribution >= 0.6 is 0 Å². The Balaban J connectivity index is 1.86. The average Bonchev–Trinajstić information content (AvgIpc) is 3.01. The lowest BCUT2D eigenvalue weighted by Crippen LogP contribution is -2.12. The van der Waals surface area contributed by atoms with E-state index in [0.717, 1.165) is 5.56 Å². The summed E-state index contributed by atoms with van der Waals surface area (Å²) in [5, 5.41) is 2.81. The van der Waals surface area contributed by atoms with E-state index in [1.165, 1.54) is 13.0 Å². The number of carbonyl (C=O) groups is 3. The molecule has 27 heavy (non-hydrogen) atoms. The van der Waals surface area contributed by atoms with Crippen LogP contribution in [0, 0.1) is 6.92 Å². The molecule has 1 aromatic heterocycles. The molecule has 6 nitrogen and oxygen atoms in total. The molecule has 0 unspecified atom stereocenters. The van der Waals surface area contributed by atoms with Crippen molar-refractivity contribution < 1.29 is 23.5 Å². The number of ketones is 1. The van der Waals surface area contributed by atoms with Gasteiger partial charge in [-0.25, -0.2) is 4.79 Å². The fourth-order valence-corrected chi connectivity index (χ4v) is 2.51. The van der Waals surface area contributed by atoms with Crippen LogP contribution in [0.4, 0.5) is 5.69 Å². The number of amides is 1. The summed E-state index contributed by atoms with van der Waals surface area (Å²) in [5.74, 6) is 0.597. The summed E-state index contributed by atoms with van der Waals surface area (Å²) in [6.45, 7) is 5.30. The van der Waals surface area contributed by atoms with E-state index in [2.05, 4.69) is 5.32 Å². The Morgan fingerprint density at radius 1 is 1.19 bits per heavy atom. The molecule has 2 rings (SSSR count). The first kappa shape index (κ1) is 20.2. The third kappa shape index (κ3) is 6.26. The van der Waals surface area contributed by atoms with Crippen LogP contribution in [0.25, 0.3) is 6.08 Å². The van der Waals surface area contributed by atoms with Gasteiger partial charge in [-0.15, -0.1) is 0 Å². The maximum absolute atomic E-state index is 12.1. The number of hydrogen-bond donors (Lipinski definition) is 1. The zero-order valence-electron chi connectivity index (χ0n) is 15.7. The molecule has 1 heterocycles. The van der Waals surface area contributed by atoms with Gasteiger partial charge in [-0.1, -0.05) is 12.1 Å². The lowest BCUT2D eigenvalue weighted by atomic mass is 10.1. The number of aryl methyl sites for hydroxylation is 2. The normalized spacial score (nSPS) is 10.8. The number of Topliss-reactive ketones (excluding diaryl/α,β-unsaturated/α-hetero) is 1. The topological polar surface area (TPSA) is 85.6 Å². The van der Waals surface area contributed by atoms with Crippen molar-refractivity contribution in [3.8, 4) is 0 Å². The standard InChI is InChI=1S/C21H23NO5/c1-4-26-21(25)12-7-16-5-8-17(9-6-16)22-20(24)11-10-18-13-19(14(2)23)15(3)27-18/h5-9,12-13H,4,10-11H2,1-3H3,(H,22,24)/b12-7+. The van der Waals surface area contributed by atoms with E-state index in [-0.39, 0.29) is 18.1 Å². The number of benzene rings is 1. The van der Waals surface area contributed by atoms with Gasteiger partial charge in [-0.05, 0) is 50.6 Å². The van der Waals surface area contributed by atoms with E-state index in [4.69, 9.17) is 9.15 Å². The number of furan rings is 1. The highest BCUT2D eigenvalue weighted by Crippen LogP contribution is 2.17. The van der Waals surface area contributed by atoms with Gasteiger partial charge in [0, 0.05) is 24.6 Å². The molecule has 1 aromatic carbocycles. The maximum Gasteiger partial charge on any atom is 0.330 e. The maximum atomic E-state index is 12.1. The van der Waals surface area contributed by atoms with E-state index < -0.39 is 5.97 Å². The van der Waals surface area contributed by atoms with Crippen LogP contribution in [-0.2, 0) is 20.7 Å². The molecule has 142 valence electrons. The SMILES string of the molecule is CCOC(=O)/C=C/c1ccc(NC(=O)CCc2cc(C(C)=O)c(C)o2)cc1. The molecule has 0 radical (unpaired) electrons. The summed E-state index contributed by atoms with van der Waals surface area (Å²) >= 11 is 0. The Morgan fingerprint density at radius 2 is 1.89 bits per heavy atom. The Bertz CT molecular complexity index is 846. The van der Waals surface area contributed by atoms with E-state index in [9.17, 15) is 14.4 Å². The molecule has 0 saturated carbocycles. The van der Waals surface area contributed by atoms with Gasteiger partial charge in [0.25, 0.3) is 0 Å². The molecule has 1 amide bonds. The van der Waals surface area contributed by atoms with Crippen LogP contribution < -0.4 is 5.32 Å². The van der Waals surface area contributed by atoms with Crippen molar-refractivity contribution in [1.82, 2.24) is 0 Å². The van der Waals surface area contributed by atoms with Crippen LogP contribution in [0.15, 0.2) is 40.8 Å². The first-order chi connectivity index (χ1) is 12.9. The molecular formula is C21H23NO5. The average molecular weight is 369 g/mol. The van der Waals surface area contributed by atoms with Crippen molar-refractivity contribution in [2.75, 3.05) is 11.9 Å². The number of nitrogens with one attached hydrogen (secondary N) is 1. The van der Waals surface area contributed by atoms with Gasteiger partial charge in [-0.2, -0.15) is 0 Å². The van der Waals surface area contributed by atoms with Gasteiger partial charge in [0.2, 0.25) is 5.91 Å². The first-order valence-electron chi connectivity index (χ1n) is 8.74. The lowest BCUT2D eigenvalue weighted by Gasteiger charge is -2.05. The van der Waals surface area contributed by atoms with E-state index in [1.807, 2.05) is 0 Å². The van der Waals surface area contributed by atoms with Gasteiger partial charge in [0.1, 0.15) is 11.5 Å². The molecule has 0 saturated heterocycles. The molecule has 6 heteroatoms. The van der Waals surface area contributed by atoms with Gasteiger partial charge < -0.3 is 14.5 Å². The predicted octanol–water partition coefficient (Wildman–Crippen LogP) is 3.94. The molecule has 0 fully saturated rings. The molecule has 0 aliphatic rings. The fraction of sp³-hybridized carbons (Fsp3) is 0.286.